The Kier molecular flexibility index (Phi) is 4.98. The number of likely N-dealkylation sites (N-methyl/N-ethyl adjacent to an activating group) is 1. The minimum Gasteiger partial charge on any atom is -0.510 e. The maximum Gasteiger partial charge on any atom is 0.290 e. The maximum atomic E-state index is 13.4. The van der Waals surface area contributed by atoms with Gasteiger partial charge in [0, 0.05) is 25.7 Å². The zero-order valence-corrected chi connectivity index (χ0v) is 19.8. The number of nitrogens with one attached hydrogen (secondary N) is 1. The molecule has 0 saturated carbocycles. The molecule has 2 unspecified atom stereocenters. The Morgan fingerprint density at radius 1 is 1.26 bits per heavy atom. The van der Waals surface area contributed by atoms with E-state index >= 15 is 0 Å². The fourth-order valence-corrected chi connectivity index (χ4v) is 6.65. The molecule has 1 fully saturated rings. The first kappa shape index (κ1) is 22.7. The van der Waals surface area contributed by atoms with Crippen molar-refractivity contribution in [3.05, 3.63) is 57.2 Å². The van der Waals surface area contributed by atoms with Crippen LogP contribution in [0.5, 0.6) is 0 Å². The number of aliphatic hydroxyl groups excluding tert-OH is 2. The zero-order valence-electron chi connectivity index (χ0n) is 19.8. The van der Waals surface area contributed by atoms with E-state index in [0.29, 0.717) is 36.4 Å². The quantitative estimate of drug-likeness (QED) is 0.386. The van der Waals surface area contributed by atoms with E-state index in [2.05, 4.69) is 5.43 Å². The van der Waals surface area contributed by atoms with Gasteiger partial charge in [-0.3, -0.25) is 19.7 Å². The molecule has 34 heavy (non-hydrogen) atoms. The van der Waals surface area contributed by atoms with Crippen LogP contribution in [0.1, 0.15) is 25.7 Å². The molecule has 4 aliphatic carbocycles. The number of hydrogen-bond acceptors (Lipinski definition) is 8. The molecule has 5 rings (SSSR count). The molecule has 1 spiro atoms. The first-order chi connectivity index (χ1) is 16.0. The summed E-state index contributed by atoms with van der Waals surface area (Å²) in [5.41, 5.74) is 11.2. The van der Waals surface area contributed by atoms with E-state index < -0.39 is 23.4 Å². The molecule has 182 valence electrons. The zero-order chi connectivity index (χ0) is 24.7. The molecule has 0 radical (unpaired) electrons. The fraction of sp³-hybridized carbons (Fsp3) is 0.500. The van der Waals surface area contributed by atoms with Crippen molar-refractivity contribution >= 4 is 11.8 Å². The summed E-state index contributed by atoms with van der Waals surface area (Å²) in [7, 11) is 7.55. The molecule has 1 saturated heterocycles. The lowest BCUT2D eigenvalue weighted by Crippen LogP contribution is -2.55. The van der Waals surface area contributed by atoms with Gasteiger partial charge in [-0.1, -0.05) is 5.57 Å². The van der Waals surface area contributed by atoms with Gasteiger partial charge in [-0.15, -0.1) is 5.17 Å². The van der Waals surface area contributed by atoms with E-state index in [1.54, 1.807) is 12.2 Å². The number of aliphatic hydroxyl groups is 2. The predicted molar refractivity (Wildman–Crippen MR) is 123 cm³/mol. The van der Waals surface area contributed by atoms with Crippen LogP contribution in [-0.4, -0.2) is 82.0 Å². The van der Waals surface area contributed by atoms with Crippen LogP contribution in [0.2, 0.25) is 0 Å². The second-order valence-corrected chi connectivity index (χ2v) is 10.2. The van der Waals surface area contributed by atoms with Crippen molar-refractivity contribution in [2.45, 2.75) is 37.3 Å². The van der Waals surface area contributed by atoms with Crippen molar-refractivity contribution in [3.8, 4) is 0 Å². The molecule has 10 heteroatoms. The summed E-state index contributed by atoms with van der Waals surface area (Å²) in [6.45, 7) is 0. The highest BCUT2D eigenvalue weighted by Gasteiger charge is 2.61. The highest BCUT2D eigenvalue weighted by atomic mass is 16.6. The van der Waals surface area contributed by atoms with Gasteiger partial charge >= 0.3 is 0 Å². The molecule has 1 heterocycles. The Morgan fingerprint density at radius 2 is 1.97 bits per heavy atom. The van der Waals surface area contributed by atoms with E-state index in [4.69, 9.17) is 5.73 Å². The van der Waals surface area contributed by atoms with Crippen LogP contribution in [-0.2, 0) is 9.59 Å². The Balaban J connectivity index is 1.85. The number of hydrazine groups is 1. The normalized spacial score (nSPS) is 32.8. The molecule has 10 nitrogen and oxygen atoms in total. The van der Waals surface area contributed by atoms with E-state index in [1.807, 2.05) is 38.0 Å². The molecule has 0 bridgehead atoms. The first-order valence-corrected chi connectivity index (χ1v) is 11.4. The average molecular weight is 470 g/mol. The second kappa shape index (κ2) is 7.46. The number of carbonyl (C=O) groups excluding carboxylic acids is 2. The van der Waals surface area contributed by atoms with Gasteiger partial charge in [-0.05, 0) is 69.0 Å². The lowest BCUT2D eigenvalue weighted by Gasteiger charge is -2.50. The number of allylic oxidation sites excluding steroid dienone is 3. The summed E-state index contributed by atoms with van der Waals surface area (Å²) in [4.78, 5) is 29.9. The van der Waals surface area contributed by atoms with Crippen LogP contribution in [0.15, 0.2) is 57.2 Å². The molecule has 2 amide bonds. The smallest absolute Gasteiger partial charge is 0.290 e. The lowest BCUT2D eigenvalue weighted by molar-refractivity contribution is -0.169. The Morgan fingerprint density at radius 3 is 2.59 bits per heavy atom. The Hall–Kier alpha value is -3.08. The first-order valence-electron chi connectivity index (χ1n) is 11.4. The van der Waals surface area contributed by atoms with Gasteiger partial charge in [-0.2, -0.15) is 5.43 Å². The van der Waals surface area contributed by atoms with Crippen molar-refractivity contribution < 1.29 is 25.0 Å². The number of nitrogens with zero attached hydrogens (tertiary/aromatic N) is 3. The number of rotatable bonds is 3. The van der Waals surface area contributed by atoms with Gasteiger partial charge < -0.3 is 20.8 Å². The molecular formula is C24H31N5O5. The molecule has 1 aliphatic heterocycles. The van der Waals surface area contributed by atoms with E-state index in [0.717, 1.165) is 16.8 Å². The average Bonchev–Trinajstić information content (AvgIpc) is 2.99. The van der Waals surface area contributed by atoms with Crippen molar-refractivity contribution in [2.75, 3.05) is 28.2 Å². The van der Waals surface area contributed by atoms with Crippen molar-refractivity contribution in [2.24, 2.45) is 17.6 Å². The monoisotopic (exact) mass is 469 g/mol. The van der Waals surface area contributed by atoms with E-state index in [9.17, 15) is 25.0 Å². The van der Waals surface area contributed by atoms with Crippen LogP contribution in [0.4, 0.5) is 0 Å². The van der Waals surface area contributed by atoms with Crippen molar-refractivity contribution in [1.82, 2.24) is 20.4 Å². The van der Waals surface area contributed by atoms with Crippen LogP contribution >= 0.6 is 0 Å². The largest absolute Gasteiger partial charge is 0.510 e. The molecule has 4 atom stereocenters. The fourth-order valence-electron chi connectivity index (χ4n) is 6.65. The summed E-state index contributed by atoms with van der Waals surface area (Å²) in [5.74, 6) is -1.66. The van der Waals surface area contributed by atoms with Gasteiger partial charge in [-0.25, -0.2) is 0 Å². The van der Waals surface area contributed by atoms with Gasteiger partial charge in [0.1, 0.15) is 11.5 Å². The van der Waals surface area contributed by atoms with E-state index in [1.165, 1.54) is 0 Å². The summed E-state index contributed by atoms with van der Waals surface area (Å²) in [5, 5.41) is 32.3. The number of carbonyl (C=O) groups is 2. The van der Waals surface area contributed by atoms with Gasteiger partial charge in [0.15, 0.2) is 0 Å². The third-order valence-corrected chi connectivity index (χ3v) is 7.93. The molecule has 0 aromatic heterocycles. The summed E-state index contributed by atoms with van der Waals surface area (Å²) in [6, 6.07) is -0.420. The third-order valence-electron chi connectivity index (χ3n) is 7.93. The van der Waals surface area contributed by atoms with Crippen molar-refractivity contribution in [1.29, 1.82) is 0 Å². The van der Waals surface area contributed by atoms with E-state index in [-0.39, 0.29) is 34.5 Å². The minimum atomic E-state index is -1.11. The molecule has 0 aromatic carbocycles. The van der Waals surface area contributed by atoms with Crippen LogP contribution in [0.3, 0.4) is 0 Å². The van der Waals surface area contributed by atoms with Crippen LogP contribution < -0.4 is 11.2 Å². The molecular weight excluding hydrogens is 438 g/mol. The summed E-state index contributed by atoms with van der Waals surface area (Å²) < 4.78 is 0. The number of hydroxylamine groups is 1. The minimum absolute atomic E-state index is 0.0340. The number of nitrogens with two attached hydrogens (primary N) is 1. The van der Waals surface area contributed by atoms with Gasteiger partial charge in [0.05, 0.1) is 22.7 Å². The highest BCUT2D eigenvalue weighted by molar-refractivity contribution is 6.06. The van der Waals surface area contributed by atoms with Crippen LogP contribution in [0.25, 0.3) is 0 Å². The van der Waals surface area contributed by atoms with Crippen molar-refractivity contribution in [3.63, 3.8) is 0 Å². The standard InChI is InChI=1S/C24H31N5O5/c1-27(2)16-9-11-8-15-20(28(3)4)14-6-5-13(30)7-12(14)10-24(15)19(23(33)29(34)26-24)17(11)18(21(16)31)22(25)32/h5,7,11,14,16,26,30-31,34H,6,8-10H2,1-4H3,(H2,25,32)/t11-,14?,16-,24?/m0/s1. The summed E-state index contributed by atoms with van der Waals surface area (Å²) in [6.07, 6.45) is 5.51. The van der Waals surface area contributed by atoms with Gasteiger partial charge in [0.2, 0.25) is 0 Å². The second-order valence-electron chi connectivity index (χ2n) is 10.2. The highest BCUT2D eigenvalue weighted by Crippen LogP contribution is 2.58. The SMILES string of the molecule is CN(C)C1=C2C[C@H]3C[C@H](N(C)C)C(O)=C(C(N)=O)C3=C3C(=O)N(O)NC23CC2=CC(O)=CCC21. The topological polar surface area (TPSA) is 143 Å². The Labute approximate surface area is 197 Å². The predicted octanol–water partition coefficient (Wildman–Crippen LogP) is 1.02. The number of hydrogen-bond donors (Lipinski definition) is 5. The van der Waals surface area contributed by atoms with Crippen LogP contribution in [0, 0.1) is 11.8 Å². The number of amides is 2. The van der Waals surface area contributed by atoms with Gasteiger partial charge in [0.25, 0.3) is 11.8 Å². The Bertz CT molecular complexity index is 1160. The molecule has 0 aromatic rings. The third kappa shape index (κ3) is 2.92. The maximum absolute atomic E-state index is 13.4. The molecule has 5 aliphatic rings. The number of fused-ring (bicyclic) bond motifs is 2. The summed E-state index contributed by atoms with van der Waals surface area (Å²) >= 11 is 0. The number of primary amides is 1. The lowest BCUT2D eigenvalue weighted by atomic mass is 9.57. The molecule has 6 N–H and O–H groups in total.